The fourth-order valence-corrected chi connectivity index (χ4v) is 5.55. The largest absolute Gasteiger partial charge is 0.365 e. The van der Waals surface area contributed by atoms with Crippen molar-refractivity contribution in [3.63, 3.8) is 0 Å². The van der Waals surface area contributed by atoms with Crippen LogP contribution in [0, 0.1) is 12.8 Å². The lowest BCUT2D eigenvalue weighted by Crippen LogP contribution is -2.57. The van der Waals surface area contributed by atoms with Crippen LogP contribution < -0.4 is 0 Å². The summed E-state index contributed by atoms with van der Waals surface area (Å²) >= 11 is 0. The molecule has 1 atom stereocenters. The molecule has 0 amide bonds. The van der Waals surface area contributed by atoms with Crippen LogP contribution in [0.2, 0.25) is 0 Å². The number of allylic oxidation sites excluding steroid dienone is 1. The summed E-state index contributed by atoms with van der Waals surface area (Å²) in [6.45, 7) is 8.27. The van der Waals surface area contributed by atoms with Crippen molar-refractivity contribution >= 4 is 16.7 Å². The molecule has 5 heterocycles. The van der Waals surface area contributed by atoms with E-state index in [0.717, 1.165) is 19.0 Å². The first-order valence-electron chi connectivity index (χ1n) is 9.97. The van der Waals surface area contributed by atoms with Crippen molar-refractivity contribution in [2.24, 2.45) is 5.92 Å². The first-order chi connectivity index (χ1) is 12.3. The van der Waals surface area contributed by atoms with E-state index in [4.69, 9.17) is 4.98 Å². The molecular weight excluding hydrogens is 308 g/mol. The molecular formula is C21H26N4. The standard InChI is InChI=1S/C21H26N4/c1-14-22-18-4-2-3-17-20(16-5-6-16)25(12-11-24(14)21(17)18)19-13-23-9-7-15(19)8-10-23/h2-4,15,19H,5-13H2,1H3. The predicted molar refractivity (Wildman–Crippen MR) is 100 cm³/mol. The molecule has 5 aliphatic rings. The smallest absolute Gasteiger partial charge is 0.106 e. The summed E-state index contributed by atoms with van der Waals surface area (Å²) in [6, 6.07) is 7.44. The third-order valence-corrected chi connectivity index (χ3v) is 6.92. The number of benzene rings is 1. The molecule has 2 bridgehead atoms. The van der Waals surface area contributed by atoms with Gasteiger partial charge in [0.05, 0.1) is 11.0 Å². The predicted octanol–water partition coefficient (Wildman–Crippen LogP) is 3.26. The highest BCUT2D eigenvalue weighted by Gasteiger charge is 2.40. The number of piperidine rings is 3. The molecule has 2 aromatic rings. The molecule has 4 nitrogen and oxygen atoms in total. The van der Waals surface area contributed by atoms with Crippen molar-refractivity contribution in [1.29, 1.82) is 0 Å². The van der Waals surface area contributed by atoms with Crippen LogP contribution in [0.1, 0.15) is 37.1 Å². The molecule has 1 unspecified atom stereocenters. The molecule has 7 rings (SSSR count). The van der Waals surface area contributed by atoms with Crippen LogP contribution in [0.3, 0.4) is 0 Å². The number of nitrogens with zero attached hydrogens (tertiary/aromatic N) is 4. The van der Waals surface area contributed by atoms with Crippen LogP contribution in [-0.2, 0) is 6.54 Å². The van der Waals surface area contributed by atoms with Gasteiger partial charge in [0.15, 0.2) is 0 Å². The molecule has 0 radical (unpaired) electrons. The Hall–Kier alpha value is -1.81. The minimum atomic E-state index is 0.707. The Balaban J connectivity index is 1.52. The van der Waals surface area contributed by atoms with Gasteiger partial charge in [0.25, 0.3) is 0 Å². The quantitative estimate of drug-likeness (QED) is 0.800. The maximum absolute atomic E-state index is 4.83. The third kappa shape index (κ3) is 2.06. The fraction of sp³-hybridized carbons (Fsp3) is 0.571. The molecule has 1 saturated carbocycles. The number of imidazole rings is 1. The highest BCUT2D eigenvalue weighted by molar-refractivity contribution is 5.91. The van der Waals surface area contributed by atoms with E-state index in [2.05, 4.69) is 39.5 Å². The Morgan fingerprint density at radius 2 is 1.88 bits per heavy atom. The van der Waals surface area contributed by atoms with Crippen LogP contribution in [-0.4, -0.2) is 51.6 Å². The molecule has 1 aliphatic carbocycles. The zero-order chi connectivity index (χ0) is 16.5. The van der Waals surface area contributed by atoms with E-state index in [1.807, 2.05) is 0 Å². The lowest BCUT2D eigenvalue weighted by atomic mass is 9.82. The second-order valence-electron chi connectivity index (χ2n) is 8.33. The van der Waals surface area contributed by atoms with Crippen LogP contribution in [0.15, 0.2) is 23.8 Å². The second kappa shape index (κ2) is 5.10. The van der Waals surface area contributed by atoms with E-state index < -0.39 is 0 Å². The number of hydrogen-bond donors (Lipinski definition) is 0. The summed E-state index contributed by atoms with van der Waals surface area (Å²) in [6.07, 6.45) is 5.36. The zero-order valence-corrected chi connectivity index (χ0v) is 15.0. The highest BCUT2D eigenvalue weighted by atomic mass is 15.3. The third-order valence-electron chi connectivity index (χ3n) is 6.92. The van der Waals surface area contributed by atoms with E-state index in [9.17, 15) is 0 Å². The summed E-state index contributed by atoms with van der Waals surface area (Å²) in [5.74, 6) is 2.05. The number of aryl methyl sites for hydroxylation is 1. The van der Waals surface area contributed by atoms with E-state index >= 15 is 0 Å². The van der Waals surface area contributed by atoms with Gasteiger partial charge in [0, 0.05) is 36.9 Å². The maximum atomic E-state index is 4.83. The van der Waals surface area contributed by atoms with Crippen molar-refractivity contribution in [2.45, 2.75) is 45.2 Å². The highest BCUT2D eigenvalue weighted by Crippen LogP contribution is 2.45. The molecule has 4 aliphatic heterocycles. The molecule has 3 saturated heterocycles. The van der Waals surface area contributed by atoms with Gasteiger partial charge >= 0.3 is 0 Å². The summed E-state index contributed by atoms with van der Waals surface area (Å²) < 4.78 is 2.47. The minimum Gasteiger partial charge on any atom is -0.365 e. The number of fused-ring (bicyclic) bond motifs is 3. The summed E-state index contributed by atoms with van der Waals surface area (Å²) in [4.78, 5) is 10.3. The van der Waals surface area contributed by atoms with E-state index in [0.29, 0.717) is 6.04 Å². The van der Waals surface area contributed by atoms with Gasteiger partial charge < -0.3 is 14.4 Å². The molecule has 25 heavy (non-hydrogen) atoms. The minimum absolute atomic E-state index is 0.707. The lowest BCUT2D eigenvalue weighted by Gasteiger charge is -2.50. The van der Waals surface area contributed by atoms with Crippen molar-refractivity contribution in [1.82, 2.24) is 19.4 Å². The van der Waals surface area contributed by atoms with Gasteiger partial charge in [-0.05, 0) is 63.3 Å². The van der Waals surface area contributed by atoms with Crippen molar-refractivity contribution in [2.75, 3.05) is 26.2 Å². The van der Waals surface area contributed by atoms with Gasteiger partial charge in [-0.15, -0.1) is 0 Å². The molecule has 0 N–H and O–H groups in total. The van der Waals surface area contributed by atoms with Gasteiger partial charge in [-0.3, -0.25) is 0 Å². The van der Waals surface area contributed by atoms with Gasteiger partial charge in [-0.25, -0.2) is 4.98 Å². The van der Waals surface area contributed by atoms with E-state index in [1.54, 1.807) is 11.3 Å². The van der Waals surface area contributed by atoms with Crippen LogP contribution in [0.4, 0.5) is 0 Å². The Morgan fingerprint density at radius 1 is 1.04 bits per heavy atom. The van der Waals surface area contributed by atoms with Crippen molar-refractivity contribution < 1.29 is 0 Å². The first-order valence-corrected chi connectivity index (χ1v) is 9.97. The average molecular weight is 334 g/mol. The molecule has 130 valence electrons. The van der Waals surface area contributed by atoms with Gasteiger partial charge in [0.1, 0.15) is 5.82 Å². The normalized spacial score (nSPS) is 30.9. The second-order valence-corrected chi connectivity index (χ2v) is 8.33. The SMILES string of the molecule is Cc1nc2cccc3c2n1CCN(C1CN2CCC1CC2)C3=C1CC1. The number of aromatic nitrogens is 2. The lowest BCUT2D eigenvalue weighted by molar-refractivity contribution is 0.0294. The van der Waals surface area contributed by atoms with Crippen LogP contribution >= 0.6 is 0 Å². The van der Waals surface area contributed by atoms with Crippen molar-refractivity contribution in [3.8, 4) is 0 Å². The topological polar surface area (TPSA) is 24.3 Å². The van der Waals surface area contributed by atoms with Crippen molar-refractivity contribution in [3.05, 3.63) is 35.2 Å². The zero-order valence-electron chi connectivity index (χ0n) is 15.0. The molecule has 1 aromatic heterocycles. The molecule has 0 spiro atoms. The summed E-state index contributed by atoms with van der Waals surface area (Å²) in [7, 11) is 0. The number of rotatable bonds is 1. The van der Waals surface area contributed by atoms with E-state index in [1.165, 1.54) is 67.7 Å². The maximum Gasteiger partial charge on any atom is 0.106 e. The summed E-state index contributed by atoms with van der Waals surface area (Å²) in [5, 5.41) is 0. The Bertz CT molecular complexity index is 879. The Labute approximate surface area is 149 Å². The molecule has 1 aromatic carbocycles. The number of para-hydroxylation sites is 1. The Morgan fingerprint density at radius 3 is 2.60 bits per heavy atom. The summed E-state index contributed by atoms with van der Waals surface area (Å²) in [5.41, 5.74) is 7.24. The van der Waals surface area contributed by atoms with Crippen LogP contribution in [0.5, 0.6) is 0 Å². The monoisotopic (exact) mass is 334 g/mol. The Kier molecular flexibility index (Phi) is 2.93. The van der Waals surface area contributed by atoms with Gasteiger partial charge in [-0.2, -0.15) is 0 Å². The van der Waals surface area contributed by atoms with Crippen LogP contribution in [0.25, 0.3) is 16.7 Å². The molecule has 4 heteroatoms. The first kappa shape index (κ1) is 14.4. The molecule has 4 fully saturated rings. The van der Waals surface area contributed by atoms with Gasteiger partial charge in [0.2, 0.25) is 0 Å². The van der Waals surface area contributed by atoms with E-state index in [-0.39, 0.29) is 0 Å². The number of hydrogen-bond acceptors (Lipinski definition) is 3. The fourth-order valence-electron chi connectivity index (χ4n) is 5.55. The average Bonchev–Trinajstić information content (AvgIpc) is 3.43. The van der Waals surface area contributed by atoms with Gasteiger partial charge in [-0.1, -0.05) is 12.1 Å².